The van der Waals surface area contributed by atoms with Crippen LogP contribution in [-0.4, -0.2) is 32.5 Å². The standard InChI is InChI=1S/C23H25F3N4/c1-15-14-27-22-21(28-15)20-18-4-2-3-11-29(18)12-10-19(20)30(22)13-9-16-5-7-17(8-6-16)23(24,25)26/h5-8,14,18H,2-4,9-13H2,1H3. The Morgan fingerprint density at radius 1 is 1.10 bits per heavy atom. The molecule has 2 aliphatic heterocycles. The van der Waals surface area contributed by atoms with E-state index < -0.39 is 11.7 Å². The van der Waals surface area contributed by atoms with Gasteiger partial charge in [0, 0.05) is 36.8 Å². The number of rotatable bonds is 3. The van der Waals surface area contributed by atoms with Gasteiger partial charge in [0.05, 0.1) is 17.5 Å². The van der Waals surface area contributed by atoms with Crippen molar-refractivity contribution in [1.82, 2.24) is 19.4 Å². The van der Waals surface area contributed by atoms with Crippen LogP contribution < -0.4 is 0 Å². The number of piperidine rings is 1. The van der Waals surface area contributed by atoms with Crippen molar-refractivity contribution in [3.63, 3.8) is 0 Å². The van der Waals surface area contributed by atoms with Gasteiger partial charge < -0.3 is 4.57 Å². The van der Waals surface area contributed by atoms with Gasteiger partial charge in [-0.2, -0.15) is 13.2 Å². The Labute approximate surface area is 173 Å². The average molecular weight is 414 g/mol. The molecule has 158 valence electrons. The zero-order valence-corrected chi connectivity index (χ0v) is 17.0. The zero-order chi connectivity index (χ0) is 20.9. The lowest BCUT2D eigenvalue weighted by Crippen LogP contribution is -2.39. The highest BCUT2D eigenvalue weighted by Crippen LogP contribution is 2.41. The van der Waals surface area contributed by atoms with Crippen LogP contribution in [0.5, 0.6) is 0 Å². The second-order valence-corrected chi connectivity index (χ2v) is 8.44. The molecule has 4 nitrogen and oxygen atoms in total. The fourth-order valence-corrected chi connectivity index (χ4v) is 5.06. The Kier molecular flexibility index (Phi) is 4.81. The van der Waals surface area contributed by atoms with Crippen molar-refractivity contribution in [1.29, 1.82) is 0 Å². The highest BCUT2D eigenvalue weighted by Gasteiger charge is 2.35. The van der Waals surface area contributed by atoms with Crippen molar-refractivity contribution in [3.05, 3.63) is 58.5 Å². The number of aryl methyl sites for hydroxylation is 3. The summed E-state index contributed by atoms with van der Waals surface area (Å²) in [5.74, 6) is 0. The van der Waals surface area contributed by atoms with Crippen LogP contribution in [0, 0.1) is 6.92 Å². The Morgan fingerprint density at radius 2 is 1.90 bits per heavy atom. The van der Waals surface area contributed by atoms with Gasteiger partial charge in [-0.1, -0.05) is 18.6 Å². The number of hydrogen-bond donors (Lipinski definition) is 0. The van der Waals surface area contributed by atoms with Gasteiger partial charge in [0.15, 0.2) is 5.65 Å². The predicted octanol–water partition coefficient (Wildman–Crippen LogP) is 5.08. The molecule has 2 aliphatic rings. The zero-order valence-electron chi connectivity index (χ0n) is 17.0. The summed E-state index contributed by atoms with van der Waals surface area (Å²) in [5, 5.41) is 0. The summed E-state index contributed by atoms with van der Waals surface area (Å²) in [4.78, 5) is 12.2. The van der Waals surface area contributed by atoms with Crippen LogP contribution in [0.1, 0.15) is 53.4 Å². The third-order valence-corrected chi connectivity index (χ3v) is 6.51. The van der Waals surface area contributed by atoms with Gasteiger partial charge in [-0.15, -0.1) is 0 Å². The first kappa shape index (κ1) is 19.5. The van der Waals surface area contributed by atoms with E-state index in [1.165, 1.54) is 36.2 Å². The Hall–Kier alpha value is -2.41. The number of aromatic nitrogens is 3. The molecule has 0 spiro atoms. The van der Waals surface area contributed by atoms with Crippen LogP contribution in [-0.2, 0) is 25.6 Å². The number of benzene rings is 1. The first-order chi connectivity index (χ1) is 14.4. The van der Waals surface area contributed by atoms with E-state index in [0.29, 0.717) is 19.0 Å². The Bertz CT molecular complexity index is 1070. The minimum Gasteiger partial charge on any atom is -0.328 e. The summed E-state index contributed by atoms with van der Waals surface area (Å²) in [7, 11) is 0. The molecule has 0 N–H and O–H groups in total. The second-order valence-electron chi connectivity index (χ2n) is 8.44. The summed E-state index contributed by atoms with van der Waals surface area (Å²) in [6, 6.07) is 5.91. The molecule has 1 unspecified atom stereocenters. The van der Waals surface area contributed by atoms with Gasteiger partial charge in [0.2, 0.25) is 0 Å². The lowest BCUT2D eigenvalue weighted by Gasteiger charge is -2.39. The largest absolute Gasteiger partial charge is 0.416 e. The van der Waals surface area contributed by atoms with Crippen LogP contribution >= 0.6 is 0 Å². The molecule has 0 bridgehead atoms. The van der Waals surface area contributed by atoms with E-state index in [2.05, 4.69) is 9.47 Å². The highest BCUT2D eigenvalue weighted by atomic mass is 19.4. The molecule has 0 saturated carbocycles. The van der Waals surface area contributed by atoms with Crippen LogP contribution in [0.3, 0.4) is 0 Å². The van der Waals surface area contributed by atoms with Crippen molar-refractivity contribution in [2.24, 2.45) is 0 Å². The van der Waals surface area contributed by atoms with Crippen molar-refractivity contribution >= 4 is 11.2 Å². The molecule has 2 aromatic heterocycles. The number of halogens is 3. The molecule has 5 rings (SSSR count). The van der Waals surface area contributed by atoms with Crippen molar-refractivity contribution < 1.29 is 13.2 Å². The number of fused-ring (bicyclic) bond motifs is 5. The third-order valence-electron chi connectivity index (χ3n) is 6.51. The first-order valence-corrected chi connectivity index (χ1v) is 10.7. The fraction of sp³-hybridized carbons (Fsp3) is 0.478. The van der Waals surface area contributed by atoms with Crippen LogP contribution in [0.15, 0.2) is 30.5 Å². The summed E-state index contributed by atoms with van der Waals surface area (Å²) in [6.45, 7) is 4.86. The number of nitrogens with zero attached hydrogens (tertiary/aromatic N) is 4. The van der Waals surface area contributed by atoms with E-state index in [-0.39, 0.29) is 0 Å². The fourth-order valence-electron chi connectivity index (χ4n) is 5.06. The van der Waals surface area contributed by atoms with E-state index in [1.807, 2.05) is 6.92 Å². The quantitative estimate of drug-likeness (QED) is 0.599. The maximum atomic E-state index is 12.8. The molecular formula is C23H25F3N4. The van der Waals surface area contributed by atoms with Crippen LogP contribution in [0.4, 0.5) is 13.2 Å². The van der Waals surface area contributed by atoms with Crippen molar-refractivity contribution in [2.75, 3.05) is 13.1 Å². The summed E-state index contributed by atoms with van der Waals surface area (Å²) in [5.41, 5.74) is 5.77. The molecule has 1 aromatic carbocycles. The van der Waals surface area contributed by atoms with Crippen LogP contribution in [0.25, 0.3) is 11.2 Å². The summed E-state index contributed by atoms with van der Waals surface area (Å²) >= 11 is 0. The maximum absolute atomic E-state index is 12.8. The molecule has 1 saturated heterocycles. The summed E-state index contributed by atoms with van der Waals surface area (Å²) in [6.07, 6.45) is 2.78. The maximum Gasteiger partial charge on any atom is 0.416 e. The summed E-state index contributed by atoms with van der Waals surface area (Å²) < 4.78 is 40.8. The normalized spacial score (nSPS) is 19.7. The molecule has 0 amide bonds. The predicted molar refractivity (Wildman–Crippen MR) is 109 cm³/mol. The monoisotopic (exact) mass is 414 g/mol. The highest BCUT2D eigenvalue weighted by molar-refractivity contribution is 5.79. The van der Waals surface area contributed by atoms with Gasteiger partial charge in [-0.05, 0) is 50.4 Å². The molecule has 0 radical (unpaired) electrons. The molecule has 4 heterocycles. The smallest absolute Gasteiger partial charge is 0.328 e. The van der Waals surface area contributed by atoms with E-state index in [0.717, 1.165) is 48.4 Å². The van der Waals surface area contributed by atoms with E-state index >= 15 is 0 Å². The third kappa shape index (κ3) is 3.39. The van der Waals surface area contributed by atoms with E-state index in [1.54, 1.807) is 18.3 Å². The van der Waals surface area contributed by atoms with Gasteiger partial charge in [0.25, 0.3) is 0 Å². The average Bonchev–Trinajstić information content (AvgIpc) is 3.05. The van der Waals surface area contributed by atoms with E-state index in [9.17, 15) is 13.2 Å². The molecule has 1 atom stereocenters. The Morgan fingerprint density at radius 3 is 2.67 bits per heavy atom. The first-order valence-electron chi connectivity index (χ1n) is 10.7. The molecule has 30 heavy (non-hydrogen) atoms. The molecule has 7 heteroatoms. The lowest BCUT2D eigenvalue weighted by molar-refractivity contribution is -0.137. The van der Waals surface area contributed by atoms with Gasteiger partial charge in [-0.3, -0.25) is 4.90 Å². The minimum absolute atomic E-state index is 0.411. The number of alkyl halides is 3. The molecule has 1 fully saturated rings. The molecule has 3 aromatic rings. The number of hydrogen-bond acceptors (Lipinski definition) is 3. The van der Waals surface area contributed by atoms with E-state index in [4.69, 9.17) is 9.97 Å². The van der Waals surface area contributed by atoms with Gasteiger partial charge >= 0.3 is 6.18 Å². The topological polar surface area (TPSA) is 34.0 Å². The van der Waals surface area contributed by atoms with Crippen molar-refractivity contribution in [2.45, 2.75) is 57.8 Å². The minimum atomic E-state index is -4.30. The van der Waals surface area contributed by atoms with Crippen molar-refractivity contribution in [3.8, 4) is 0 Å². The van der Waals surface area contributed by atoms with Gasteiger partial charge in [-0.25, -0.2) is 9.97 Å². The molecule has 0 aliphatic carbocycles. The van der Waals surface area contributed by atoms with Crippen LogP contribution in [0.2, 0.25) is 0 Å². The second kappa shape index (κ2) is 7.38. The van der Waals surface area contributed by atoms with Gasteiger partial charge in [0.1, 0.15) is 5.52 Å². The SMILES string of the molecule is Cc1cnc2c(n1)c1c(n2CCc2ccc(C(F)(F)F)cc2)CCN2CCCCC12. The molecular weight excluding hydrogens is 389 g/mol. The Balaban J connectivity index is 1.49. The lowest BCUT2D eigenvalue weighted by atomic mass is 9.90.